The maximum Gasteiger partial charge on any atom is 0.243 e. The highest BCUT2D eigenvalue weighted by Crippen LogP contribution is 2.07. The summed E-state index contributed by atoms with van der Waals surface area (Å²) in [6.07, 6.45) is 2.33. The predicted molar refractivity (Wildman–Crippen MR) is 61.1 cm³/mol. The van der Waals surface area contributed by atoms with Crippen LogP contribution in [0, 0.1) is 6.92 Å². The van der Waals surface area contributed by atoms with Crippen LogP contribution in [0.2, 0.25) is 0 Å². The Morgan fingerprint density at radius 1 is 1.40 bits per heavy atom. The van der Waals surface area contributed by atoms with Crippen molar-refractivity contribution in [3.63, 3.8) is 0 Å². The number of unbranched alkanes of at least 4 members (excludes halogenated alkanes) is 1. The van der Waals surface area contributed by atoms with Gasteiger partial charge >= 0.3 is 0 Å². The van der Waals surface area contributed by atoms with E-state index < -0.39 is 0 Å². The van der Waals surface area contributed by atoms with Crippen LogP contribution in [0.4, 0.5) is 5.95 Å². The van der Waals surface area contributed by atoms with Crippen LogP contribution in [-0.4, -0.2) is 21.1 Å². The quantitative estimate of drug-likeness (QED) is 0.777. The molecule has 0 atom stereocenters. The van der Waals surface area contributed by atoms with Gasteiger partial charge in [0.1, 0.15) is 0 Å². The molecule has 0 aromatic carbocycles. The first kappa shape index (κ1) is 9.96. The number of aryl methyl sites for hydroxylation is 1. The van der Waals surface area contributed by atoms with Crippen LogP contribution < -0.4 is 5.32 Å². The van der Waals surface area contributed by atoms with E-state index in [-0.39, 0.29) is 0 Å². The second-order valence-electron chi connectivity index (χ2n) is 3.65. The molecule has 0 aliphatic rings. The van der Waals surface area contributed by atoms with Gasteiger partial charge in [-0.05, 0) is 25.5 Å². The molecule has 0 amide bonds. The molecule has 0 bridgehead atoms. The van der Waals surface area contributed by atoms with Crippen molar-refractivity contribution in [2.45, 2.75) is 26.7 Å². The summed E-state index contributed by atoms with van der Waals surface area (Å²) in [6, 6.07) is 5.98. The van der Waals surface area contributed by atoms with Crippen molar-refractivity contribution in [3.05, 3.63) is 23.9 Å². The van der Waals surface area contributed by atoms with Gasteiger partial charge in [0.2, 0.25) is 5.95 Å². The molecule has 4 heteroatoms. The average Bonchev–Trinajstić information content (AvgIpc) is 2.63. The molecule has 0 saturated heterocycles. The number of aromatic nitrogens is 3. The van der Waals surface area contributed by atoms with E-state index in [4.69, 9.17) is 0 Å². The van der Waals surface area contributed by atoms with E-state index in [1.807, 2.05) is 29.6 Å². The standard InChI is InChI=1S/C11H16N4/c1-3-4-8-12-11-13-10-7-5-6-9(2)15(10)14-11/h5-7H,3-4,8H2,1-2H3,(H,12,14). The van der Waals surface area contributed by atoms with Gasteiger partial charge in [-0.1, -0.05) is 19.4 Å². The van der Waals surface area contributed by atoms with Crippen LogP contribution in [-0.2, 0) is 0 Å². The van der Waals surface area contributed by atoms with Crippen molar-refractivity contribution in [2.24, 2.45) is 0 Å². The fraction of sp³-hybridized carbons (Fsp3) is 0.455. The molecule has 0 radical (unpaired) electrons. The second kappa shape index (κ2) is 4.29. The molecule has 0 aliphatic carbocycles. The number of nitrogens with one attached hydrogen (secondary N) is 1. The van der Waals surface area contributed by atoms with Gasteiger partial charge in [0.05, 0.1) is 0 Å². The van der Waals surface area contributed by atoms with Crippen LogP contribution in [0.3, 0.4) is 0 Å². The lowest BCUT2D eigenvalue weighted by atomic mass is 10.3. The van der Waals surface area contributed by atoms with Gasteiger partial charge in [-0.2, -0.15) is 4.98 Å². The van der Waals surface area contributed by atoms with E-state index in [1.165, 1.54) is 6.42 Å². The molecule has 2 heterocycles. The first-order chi connectivity index (χ1) is 7.31. The van der Waals surface area contributed by atoms with Crippen molar-refractivity contribution >= 4 is 11.6 Å². The van der Waals surface area contributed by atoms with Crippen molar-refractivity contribution in [1.29, 1.82) is 0 Å². The van der Waals surface area contributed by atoms with Crippen LogP contribution in [0.15, 0.2) is 18.2 Å². The molecule has 0 spiro atoms. The zero-order valence-electron chi connectivity index (χ0n) is 9.20. The normalized spacial score (nSPS) is 10.8. The fourth-order valence-electron chi connectivity index (χ4n) is 1.49. The zero-order chi connectivity index (χ0) is 10.7. The minimum atomic E-state index is 0.720. The summed E-state index contributed by atoms with van der Waals surface area (Å²) in [4.78, 5) is 4.39. The Morgan fingerprint density at radius 2 is 2.27 bits per heavy atom. The summed E-state index contributed by atoms with van der Waals surface area (Å²) in [5.74, 6) is 0.720. The maximum absolute atomic E-state index is 4.39. The van der Waals surface area contributed by atoms with E-state index >= 15 is 0 Å². The van der Waals surface area contributed by atoms with E-state index in [9.17, 15) is 0 Å². The van der Waals surface area contributed by atoms with E-state index in [2.05, 4.69) is 22.3 Å². The van der Waals surface area contributed by atoms with Crippen molar-refractivity contribution in [2.75, 3.05) is 11.9 Å². The van der Waals surface area contributed by atoms with Crippen LogP contribution in [0.1, 0.15) is 25.5 Å². The highest BCUT2D eigenvalue weighted by Gasteiger charge is 2.02. The van der Waals surface area contributed by atoms with E-state index in [1.54, 1.807) is 0 Å². The van der Waals surface area contributed by atoms with Gasteiger partial charge in [0, 0.05) is 12.2 Å². The lowest BCUT2D eigenvalue weighted by molar-refractivity contribution is 0.822. The Bertz CT molecular complexity index is 447. The first-order valence-electron chi connectivity index (χ1n) is 5.37. The molecule has 2 aromatic heterocycles. The van der Waals surface area contributed by atoms with E-state index in [0.29, 0.717) is 0 Å². The monoisotopic (exact) mass is 204 g/mol. The third-order valence-corrected chi connectivity index (χ3v) is 2.36. The highest BCUT2D eigenvalue weighted by molar-refractivity contribution is 5.44. The van der Waals surface area contributed by atoms with Gasteiger partial charge in [-0.3, -0.25) is 0 Å². The van der Waals surface area contributed by atoms with Crippen molar-refractivity contribution < 1.29 is 0 Å². The lowest BCUT2D eigenvalue weighted by Gasteiger charge is -1.97. The molecular formula is C11H16N4. The number of nitrogens with zero attached hydrogens (tertiary/aromatic N) is 3. The van der Waals surface area contributed by atoms with Gasteiger partial charge in [-0.15, -0.1) is 5.10 Å². The molecule has 0 unspecified atom stereocenters. The topological polar surface area (TPSA) is 42.2 Å². The highest BCUT2D eigenvalue weighted by atomic mass is 15.3. The minimum absolute atomic E-state index is 0.720. The molecule has 15 heavy (non-hydrogen) atoms. The molecule has 80 valence electrons. The first-order valence-corrected chi connectivity index (χ1v) is 5.37. The number of pyridine rings is 1. The average molecular weight is 204 g/mol. The smallest absolute Gasteiger partial charge is 0.243 e. The molecule has 0 saturated carbocycles. The Hall–Kier alpha value is -1.58. The summed E-state index contributed by atoms with van der Waals surface area (Å²) in [5, 5.41) is 7.60. The minimum Gasteiger partial charge on any atom is -0.353 e. The molecular weight excluding hydrogens is 188 g/mol. The Labute approximate surface area is 89.3 Å². The van der Waals surface area contributed by atoms with Gasteiger partial charge in [0.15, 0.2) is 5.65 Å². The zero-order valence-corrected chi connectivity index (χ0v) is 9.20. The SMILES string of the molecule is CCCCNc1nc2cccc(C)n2n1. The van der Waals surface area contributed by atoms with E-state index in [0.717, 1.165) is 30.3 Å². The number of hydrogen-bond donors (Lipinski definition) is 1. The Balaban J connectivity index is 2.20. The van der Waals surface area contributed by atoms with Crippen LogP contribution in [0.25, 0.3) is 5.65 Å². The maximum atomic E-state index is 4.39. The number of fused-ring (bicyclic) bond motifs is 1. The summed E-state index contributed by atoms with van der Waals surface area (Å²) in [7, 11) is 0. The molecule has 0 fully saturated rings. The molecule has 2 aromatic rings. The van der Waals surface area contributed by atoms with Gasteiger partial charge in [-0.25, -0.2) is 4.52 Å². The third-order valence-electron chi connectivity index (χ3n) is 2.36. The summed E-state index contributed by atoms with van der Waals surface area (Å²) in [6.45, 7) is 5.13. The van der Waals surface area contributed by atoms with Crippen molar-refractivity contribution in [1.82, 2.24) is 14.6 Å². The summed E-state index contributed by atoms with van der Waals surface area (Å²) in [5.41, 5.74) is 2.00. The van der Waals surface area contributed by atoms with Crippen LogP contribution in [0.5, 0.6) is 0 Å². The summed E-state index contributed by atoms with van der Waals surface area (Å²) < 4.78 is 1.86. The molecule has 2 rings (SSSR count). The van der Waals surface area contributed by atoms with Crippen LogP contribution >= 0.6 is 0 Å². The molecule has 0 aliphatic heterocycles. The largest absolute Gasteiger partial charge is 0.353 e. The number of hydrogen-bond acceptors (Lipinski definition) is 3. The third kappa shape index (κ3) is 2.09. The van der Waals surface area contributed by atoms with Gasteiger partial charge < -0.3 is 5.32 Å². The number of rotatable bonds is 4. The predicted octanol–water partition coefficient (Wildman–Crippen LogP) is 2.25. The van der Waals surface area contributed by atoms with Crippen molar-refractivity contribution in [3.8, 4) is 0 Å². The molecule has 4 nitrogen and oxygen atoms in total. The Morgan fingerprint density at radius 3 is 3.00 bits per heavy atom. The number of anilines is 1. The second-order valence-corrected chi connectivity index (χ2v) is 3.65. The Kier molecular flexibility index (Phi) is 2.85. The lowest BCUT2D eigenvalue weighted by Crippen LogP contribution is -2.02. The molecule has 1 N–H and O–H groups in total. The summed E-state index contributed by atoms with van der Waals surface area (Å²) >= 11 is 0. The fourth-order valence-corrected chi connectivity index (χ4v) is 1.49. The van der Waals surface area contributed by atoms with Gasteiger partial charge in [0.25, 0.3) is 0 Å².